The van der Waals surface area contributed by atoms with Crippen molar-refractivity contribution in [2.75, 3.05) is 25.0 Å². The summed E-state index contributed by atoms with van der Waals surface area (Å²) in [6, 6.07) is 10.4. The van der Waals surface area contributed by atoms with E-state index in [0.717, 1.165) is 35.5 Å². The first kappa shape index (κ1) is 18.9. The average Bonchev–Trinajstić information content (AvgIpc) is 3.05. The Morgan fingerprint density at radius 1 is 1.29 bits per heavy atom. The molecule has 28 heavy (non-hydrogen) atoms. The van der Waals surface area contributed by atoms with Crippen LogP contribution in [0.1, 0.15) is 31.1 Å². The molecule has 1 aromatic carbocycles. The van der Waals surface area contributed by atoms with E-state index in [4.69, 9.17) is 0 Å². The second-order valence-corrected chi connectivity index (χ2v) is 8.77. The lowest BCUT2D eigenvalue weighted by atomic mass is 10.00. The molecule has 146 valence electrons. The van der Waals surface area contributed by atoms with Crippen LogP contribution in [0, 0.1) is 12.8 Å². The Balaban J connectivity index is 1.52. The SMILES string of the molecule is Cc1sc2ncnc(NCCC(=O)N3CCCC(C)C3)c2c1-c1ccccc1. The number of anilines is 1. The van der Waals surface area contributed by atoms with Crippen molar-refractivity contribution in [3.63, 3.8) is 0 Å². The number of thiophene rings is 1. The van der Waals surface area contributed by atoms with Gasteiger partial charge in [0.2, 0.25) is 5.91 Å². The summed E-state index contributed by atoms with van der Waals surface area (Å²) in [6.07, 6.45) is 4.42. The second kappa shape index (κ2) is 8.27. The van der Waals surface area contributed by atoms with Gasteiger partial charge >= 0.3 is 0 Å². The van der Waals surface area contributed by atoms with Crippen molar-refractivity contribution in [1.82, 2.24) is 14.9 Å². The van der Waals surface area contributed by atoms with Gasteiger partial charge in [0, 0.05) is 36.5 Å². The number of carbonyl (C=O) groups excluding carboxylic acids is 1. The molecule has 0 saturated carbocycles. The van der Waals surface area contributed by atoms with Gasteiger partial charge in [-0.25, -0.2) is 9.97 Å². The lowest BCUT2D eigenvalue weighted by molar-refractivity contribution is -0.132. The number of nitrogens with zero attached hydrogens (tertiary/aromatic N) is 3. The molecule has 0 radical (unpaired) electrons. The Morgan fingerprint density at radius 3 is 2.89 bits per heavy atom. The summed E-state index contributed by atoms with van der Waals surface area (Å²) in [5.74, 6) is 1.65. The molecule has 0 aliphatic carbocycles. The lowest BCUT2D eigenvalue weighted by Crippen LogP contribution is -2.39. The van der Waals surface area contributed by atoms with Crippen LogP contribution in [0.5, 0.6) is 0 Å². The molecule has 1 aliphatic heterocycles. The molecular formula is C22H26N4OS. The minimum atomic E-state index is 0.231. The smallest absolute Gasteiger partial charge is 0.224 e. The Bertz CT molecular complexity index is 969. The number of aryl methyl sites for hydroxylation is 1. The van der Waals surface area contributed by atoms with Crippen LogP contribution < -0.4 is 5.32 Å². The number of rotatable bonds is 5. The number of aromatic nitrogens is 2. The number of carbonyl (C=O) groups is 1. The number of hydrogen-bond donors (Lipinski definition) is 1. The maximum Gasteiger partial charge on any atom is 0.224 e. The lowest BCUT2D eigenvalue weighted by Gasteiger charge is -2.31. The van der Waals surface area contributed by atoms with E-state index in [1.54, 1.807) is 17.7 Å². The molecule has 6 heteroatoms. The molecule has 1 amide bonds. The summed E-state index contributed by atoms with van der Waals surface area (Å²) >= 11 is 1.68. The van der Waals surface area contributed by atoms with Crippen molar-refractivity contribution in [3.05, 3.63) is 41.5 Å². The van der Waals surface area contributed by atoms with Gasteiger partial charge in [-0.15, -0.1) is 11.3 Å². The van der Waals surface area contributed by atoms with Crippen molar-refractivity contribution in [2.45, 2.75) is 33.1 Å². The first-order valence-electron chi connectivity index (χ1n) is 9.94. The maximum absolute atomic E-state index is 12.5. The molecule has 3 heterocycles. The molecule has 1 N–H and O–H groups in total. The van der Waals surface area contributed by atoms with Gasteiger partial charge in [-0.2, -0.15) is 0 Å². The molecule has 4 rings (SSSR count). The molecule has 5 nitrogen and oxygen atoms in total. The van der Waals surface area contributed by atoms with Gasteiger partial charge in [0.05, 0.1) is 5.39 Å². The van der Waals surface area contributed by atoms with Crippen LogP contribution in [0.2, 0.25) is 0 Å². The fourth-order valence-corrected chi connectivity index (χ4v) is 5.01. The Morgan fingerprint density at radius 2 is 2.11 bits per heavy atom. The fraction of sp³-hybridized carbons (Fsp3) is 0.409. The van der Waals surface area contributed by atoms with Crippen LogP contribution in [-0.4, -0.2) is 40.4 Å². The summed E-state index contributed by atoms with van der Waals surface area (Å²) in [6.45, 7) is 6.71. The highest BCUT2D eigenvalue weighted by molar-refractivity contribution is 7.19. The summed E-state index contributed by atoms with van der Waals surface area (Å²) in [5, 5.41) is 4.45. The summed E-state index contributed by atoms with van der Waals surface area (Å²) in [7, 11) is 0. The number of benzene rings is 1. The molecule has 1 fully saturated rings. The van der Waals surface area contributed by atoms with Gasteiger partial charge < -0.3 is 10.2 Å². The van der Waals surface area contributed by atoms with E-state index in [1.807, 2.05) is 23.1 Å². The molecule has 1 atom stereocenters. The predicted octanol–water partition coefficient (Wildman–Crippen LogP) is 4.73. The highest BCUT2D eigenvalue weighted by Crippen LogP contribution is 2.40. The van der Waals surface area contributed by atoms with Crippen LogP contribution in [0.4, 0.5) is 5.82 Å². The van der Waals surface area contributed by atoms with Crippen molar-refractivity contribution in [2.24, 2.45) is 5.92 Å². The van der Waals surface area contributed by atoms with Gasteiger partial charge in [0.25, 0.3) is 0 Å². The van der Waals surface area contributed by atoms with Gasteiger partial charge in [0.1, 0.15) is 17.0 Å². The maximum atomic E-state index is 12.5. The molecule has 1 unspecified atom stereocenters. The Labute approximate surface area is 169 Å². The van der Waals surface area contributed by atoms with E-state index in [-0.39, 0.29) is 5.91 Å². The quantitative estimate of drug-likeness (QED) is 0.680. The van der Waals surface area contributed by atoms with Gasteiger partial charge in [-0.05, 0) is 31.2 Å². The van der Waals surface area contributed by atoms with E-state index in [1.165, 1.54) is 22.4 Å². The van der Waals surface area contributed by atoms with Crippen LogP contribution in [0.15, 0.2) is 36.7 Å². The van der Waals surface area contributed by atoms with E-state index in [0.29, 0.717) is 18.9 Å². The topological polar surface area (TPSA) is 58.1 Å². The molecule has 3 aromatic rings. The number of hydrogen-bond acceptors (Lipinski definition) is 5. The van der Waals surface area contributed by atoms with Crippen LogP contribution >= 0.6 is 11.3 Å². The predicted molar refractivity (Wildman–Crippen MR) is 116 cm³/mol. The van der Waals surface area contributed by atoms with Crippen molar-refractivity contribution in [3.8, 4) is 11.1 Å². The average molecular weight is 395 g/mol. The normalized spacial score (nSPS) is 17.1. The van der Waals surface area contributed by atoms with Crippen molar-refractivity contribution >= 4 is 33.3 Å². The third kappa shape index (κ3) is 3.87. The van der Waals surface area contributed by atoms with E-state index < -0.39 is 0 Å². The minimum absolute atomic E-state index is 0.231. The van der Waals surface area contributed by atoms with Crippen LogP contribution in [-0.2, 0) is 4.79 Å². The zero-order chi connectivity index (χ0) is 19.5. The standard InChI is InChI=1S/C22H26N4OS/c1-15-7-6-12-26(13-15)18(27)10-11-23-21-20-19(17-8-4-3-5-9-17)16(2)28-22(20)25-14-24-21/h3-5,8-9,14-15H,6-7,10-13H2,1-2H3,(H,23,24,25). The highest BCUT2D eigenvalue weighted by atomic mass is 32.1. The molecule has 0 spiro atoms. The number of likely N-dealkylation sites (tertiary alicyclic amines) is 1. The zero-order valence-electron chi connectivity index (χ0n) is 16.4. The summed E-state index contributed by atoms with van der Waals surface area (Å²) < 4.78 is 0. The first-order chi connectivity index (χ1) is 13.6. The third-order valence-corrected chi connectivity index (χ3v) is 6.38. The third-order valence-electron chi connectivity index (χ3n) is 5.37. The minimum Gasteiger partial charge on any atom is -0.369 e. The van der Waals surface area contributed by atoms with Crippen molar-refractivity contribution < 1.29 is 4.79 Å². The van der Waals surface area contributed by atoms with E-state index in [9.17, 15) is 4.79 Å². The molecule has 2 aromatic heterocycles. The summed E-state index contributed by atoms with van der Waals surface area (Å²) in [4.78, 5) is 25.7. The number of amides is 1. The molecular weight excluding hydrogens is 368 g/mol. The number of piperidine rings is 1. The Kier molecular flexibility index (Phi) is 5.57. The largest absolute Gasteiger partial charge is 0.369 e. The molecule has 1 saturated heterocycles. The monoisotopic (exact) mass is 394 g/mol. The van der Waals surface area contributed by atoms with Gasteiger partial charge in [-0.3, -0.25) is 4.79 Å². The highest BCUT2D eigenvalue weighted by Gasteiger charge is 2.21. The second-order valence-electron chi connectivity index (χ2n) is 7.57. The Hall–Kier alpha value is -2.47. The van der Waals surface area contributed by atoms with Gasteiger partial charge in [-0.1, -0.05) is 37.3 Å². The summed E-state index contributed by atoms with van der Waals surface area (Å²) in [5.41, 5.74) is 2.35. The van der Waals surface area contributed by atoms with Crippen LogP contribution in [0.3, 0.4) is 0 Å². The van der Waals surface area contributed by atoms with Crippen LogP contribution in [0.25, 0.3) is 21.3 Å². The number of nitrogens with one attached hydrogen (secondary N) is 1. The van der Waals surface area contributed by atoms with E-state index >= 15 is 0 Å². The van der Waals surface area contributed by atoms with Gasteiger partial charge in [0.15, 0.2) is 0 Å². The number of fused-ring (bicyclic) bond motifs is 1. The van der Waals surface area contributed by atoms with E-state index in [2.05, 4.69) is 41.3 Å². The molecule has 0 bridgehead atoms. The molecule has 1 aliphatic rings. The first-order valence-corrected chi connectivity index (χ1v) is 10.8. The zero-order valence-corrected chi connectivity index (χ0v) is 17.3. The fourth-order valence-electron chi connectivity index (χ4n) is 3.99. The van der Waals surface area contributed by atoms with Crippen molar-refractivity contribution in [1.29, 1.82) is 0 Å².